The highest BCUT2D eigenvalue weighted by Crippen LogP contribution is 2.27. The molecule has 0 saturated carbocycles. The quantitative estimate of drug-likeness (QED) is 0.721. The molecular weight excluding hydrogens is 365 g/mol. The number of amides is 1. The van der Waals surface area contributed by atoms with Gasteiger partial charge in [-0.2, -0.15) is 4.98 Å². The molecule has 1 amide bonds. The van der Waals surface area contributed by atoms with Crippen molar-refractivity contribution in [3.8, 4) is 0 Å². The molecule has 0 aliphatic carbocycles. The second kappa shape index (κ2) is 7.89. The van der Waals surface area contributed by atoms with Gasteiger partial charge in [0.25, 0.3) is 5.71 Å². The summed E-state index contributed by atoms with van der Waals surface area (Å²) >= 11 is 0. The molecule has 146 valence electrons. The lowest BCUT2D eigenvalue weighted by atomic mass is 10.2. The maximum Gasteiger partial charge on any atom is 0.263 e. The van der Waals surface area contributed by atoms with Gasteiger partial charge in [-0.3, -0.25) is 4.79 Å². The summed E-state index contributed by atoms with van der Waals surface area (Å²) in [4.78, 5) is 23.4. The van der Waals surface area contributed by atoms with Crippen LogP contribution in [0.1, 0.15) is 17.9 Å². The molecule has 3 aromatic rings. The van der Waals surface area contributed by atoms with Crippen molar-refractivity contribution in [1.29, 1.82) is 0 Å². The van der Waals surface area contributed by atoms with E-state index in [0.29, 0.717) is 36.9 Å². The van der Waals surface area contributed by atoms with E-state index in [1.807, 2.05) is 6.92 Å². The molecule has 9 heteroatoms. The van der Waals surface area contributed by atoms with Crippen molar-refractivity contribution >= 4 is 28.5 Å². The summed E-state index contributed by atoms with van der Waals surface area (Å²) in [7, 11) is 0. The number of carbonyl (C=O) groups excluding carboxylic acids is 1. The maximum atomic E-state index is 13.0. The Morgan fingerprint density at radius 2 is 1.96 bits per heavy atom. The second-order valence-corrected chi connectivity index (χ2v) is 6.57. The van der Waals surface area contributed by atoms with Crippen molar-refractivity contribution < 1.29 is 18.4 Å². The topological polar surface area (TPSA) is 93.4 Å². The van der Waals surface area contributed by atoms with Gasteiger partial charge in [0.1, 0.15) is 22.8 Å². The molecule has 0 bridgehead atoms. The highest BCUT2D eigenvalue weighted by atomic mass is 19.1. The molecule has 1 N–H and O–H groups in total. The van der Waals surface area contributed by atoms with Crippen LogP contribution in [0.5, 0.6) is 0 Å². The number of hydrogen-bond acceptors (Lipinski definition) is 7. The number of hydrogen-bond donors (Lipinski definition) is 1. The Morgan fingerprint density at radius 1 is 1.21 bits per heavy atom. The number of rotatable bonds is 5. The van der Waals surface area contributed by atoms with Gasteiger partial charge in [0.2, 0.25) is 5.91 Å². The van der Waals surface area contributed by atoms with Crippen LogP contribution in [0.2, 0.25) is 0 Å². The minimum Gasteiger partial charge on any atom is -0.378 e. The van der Waals surface area contributed by atoms with Crippen molar-refractivity contribution in [3.05, 3.63) is 41.6 Å². The Bertz CT molecular complexity index is 983. The van der Waals surface area contributed by atoms with E-state index >= 15 is 0 Å². The van der Waals surface area contributed by atoms with Gasteiger partial charge in [0.15, 0.2) is 0 Å². The van der Waals surface area contributed by atoms with E-state index in [1.54, 1.807) is 0 Å². The maximum absolute atomic E-state index is 13.0. The molecule has 4 rings (SSSR count). The highest BCUT2D eigenvalue weighted by Gasteiger charge is 2.21. The molecule has 1 saturated heterocycles. The van der Waals surface area contributed by atoms with Crippen LogP contribution in [0.3, 0.4) is 0 Å². The molecule has 8 nitrogen and oxygen atoms in total. The fourth-order valence-corrected chi connectivity index (χ4v) is 3.11. The average molecular weight is 385 g/mol. The zero-order valence-electron chi connectivity index (χ0n) is 15.4. The van der Waals surface area contributed by atoms with E-state index in [1.165, 1.54) is 24.3 Å². The van der Waals surface area contributed by atoms with Gasteiger partial charge in [-0.25, -0.2) is 9.37 Å². The summed E-state index contributed by atoms with van der Waals surface area (Å²) in [6.07, 6.45) is 0.540. The van der Waals surface area contributed by atoms with E-state index in [2.05, 4.69) is 25.3 Å². The molecule has 1 fully saturated rings. The Hall–Kier alpha value is -3.07. The lowest BCUT2D eigenvalue weighted by Gasteiger charge is -2.28. The van der Waals surface area contributed by atoms with Crippen LogP contribution >= 0.6 is 0 Å². The van der Waals surface area contributed by atoms with E-state index in [9.17, 15) is 9.18 Å². The van der Waals surface area contributed by atoms with E-state index in [0.717, 1.165) is 30.0 Å². The van der Waals surface area contributed by atoms with Gasteiger partial charge in [-0.05, 0) is 31.2 Å². The number of carbonyl (C=O) groups is 1. The van der Waals surface area contributed by atoms with Gasteiger partial charge in [0.05, 0.1) is 18.9 Å². The zero-order valence-corrected chi connectivity index (χ0v) is 15.4. The first-order valence-corrected chi connectivity index (χ1v) is 9.11. The Balaban J connectivity index is 1.50. The first-order chi connectivity index (χ1) is 13.6. The number of aromatic nitrogens is 3. The highest BCUT2D eigenvalue weighted by molar-refractivity contribution is 5.91. The number of halogens is 1. The zero-order chi connectivity index (χ0) is 19.5. The lowest BCUT2D eigenvalue weighted by Crippen LogP contribution is -2.37. The standard InChI is InChI=1S/C19H20FN5O3/c1-12-17-18(25-8-10-27-11-9-25)22-15(23-19(17)28-24-12)6-7-16(26)21-14-4-2-13(20)3-5-14/h2-5H,6-11H2,1H3,(H,21,26). The summed E-state index contributed by atoms with van der Waals surface area (Å²) in [5.74, 6) is 0.732. The number of benzene rings is 1. The van der Waals surface area contributed by atoms with Crippen LogP contribution in [0, 0.1) is 12.7 Å². The first kappa shape index (κ1) is 18.3. The number of nitrogens with zero attached hydrogens (tertiary/aromatic N) is 4. The van der Waals surface area contributed by atoms with Crippen molar-refractivity contribution in [1.82, 2.24) is 15.1 Å². The van der Waals surface area contributed by atoms with E-state index < -0.39 is 0 Å². The minimum absolute atomic E-state index is 0.193. The summed E-state index contributed by atoms with van der Waals surface area (Å²) in [5.41, 5.74) is 1.70. The Morgan fingerprint density at radius 3 is 2.71 bits per heavy atom. The van der Waals surface area contributed by atoms with Crippen molar-refractivity contribution in [3.63, 3.8) is 0 Å². The van der Waals surface area contributed by atoms with E-state index in [-0.39, 0.29) is 18.1 Å². The second-order valence-electron chi connectivity index (χ2n) is 6.57. The van der Waals surface area contributed by atoms with Crippen LogP contribution < -0.4 is 10.2 Å². The third-order valence-corrected chi connectivity index (χ3v) is 4.55. The Kier molecular flexibility index (Phi) is 5.16. The van der Waals surface area contributed by atoms with Crippen LogP contribution in [-0.4, -0.2) is 47.3 Å². The molecule has 0 atom stereocenters. The molecule has 1 aromatic carbocycles. The predicted molar refractivity (Wildman–Crippen MR) is 101 cm³/mol. The fourth-order valence-electron chi connectivity index (χ4n) is 3.11. The number of anilines is 2. The lowest BCUT2D eigenvalue weighted by molar-refractivity contribution is -0.116. The van der Waals surface area contributed by atoms with Crippen LogP contribution in [-0.2, 0) is 16.0 Å². The Labute approximate surface area is 160 Å². The molecule has 2 aromatic heterocycles. The molecule has 0 spiro atoms. The molecule has 1 aliphatic rings. The van der Waals surface area contributed by atoms with Gasteiger partial charge in [0, 0.05) is 31.6 Å². The number of nitrogens with one attached hydrogen (secondary N) is 1. The monoisotopic (exact) mass is 385 g/mol. The molecule has 1 aliphatic heterocycles. The number of morpholine rings is 1. The molecule has 0 unspecified atom stereocenters. The molecule has 3 heterocycles. The third kappa shape index (κ3) is 3.94. The first-order valence-electron chi connectivity index (χ1n) is 9.11. The van der Waals surface area contributed by atoms with E-state index in [4.69, 9.17) is 9.26 Å². The van der Waals surface area contributed by atoms with Gasteiger partial charge < -0.3 is 19.5 Å². The van der Waals surface area contributed by atoms with Gasteiger partial charge in [-0.1, -0.05) is 5.16 Å². The molecule has 0 radical (unpaired) electrons. The van der Waals surface area contributed by atoms with Gasteiger partial charge >= 0.3 is 0 Å². The average Bonchev–Trinajstić information content (AvgIpc) is 3.09. The van der Waals surface area contributed by atoms with Crippen LogP contribution in [0.4, 0.5) is 15.9 Å². The van der Waals surface area contributed by atoms with Gasteiger partial charge in [-0.15, -0.1) is 0 Å². The van der Waals surface area contributed by atoms with Crippen LogP contribution in [0.15, 0.2) is 28.8 Å². The predicted octanol–water partition coefficient (Wildman–Crippen LogP) is 2.47. The summed E-state index contributed by atoms with van der Waals surface area (Å²) in [6.45, 7) is 4.56. The molecular formula is C19H20FN5O3. The van der Waals surface area contributed by atoms with Crippen molar-refractivity contribution in [2.24, 2.45) is 0 Å². The fraction of sp³-hybridized carbons (Fsp3) is 0.368. The normalized spacial score (nSPS) is 14.4. The molecule has 28 heavy (non-hydrogen) atoms. The number of ether oxygens (including phenoxy) is 1. The van der Waals surface area contributed by atoms with Crippen molar-refractivity contribution in [2.75, 3.05) is 36.5 Å². The largest absolute Gasteiger partial charge is 0.378 e. The number of fused-ring (bicyclic) bond motifs is 1. The van der Waals surface area contributed by atoms with Crippen LogP contribution in [0.25, 0.3) is 11.1 Å². The smallest absolute Gasteiger partial charge is 0.263 e. The summed E-state index contributed by atoms with van der Waals surface area (Å²) in [5, 5.41) is 7.53. The SMILES string of the molecule is Cc1noc2nc(CCC(=O)Nc3ccc(F)cc3)nc(N3CCOCC3)c12. The minimum atomic E-state index is -0.349. The van der Waals surface area contributed by atoms with Crippen molar-refractivity contribution in [2.45, 2.75) is 19.8 Å². The third-order valence-electron chi connectivity index (χ3n) is 4.55. The summed E-state index contributed by atoms with van der Waals surface area (Å²) in [6, 6.07) is 5.63. The number of aryl methyl sites for hydroxylation is 2. The summed E-state index contributed by atoms with van der Waals surface area (Å²) < 4.78 is 23.7.